The molecule has 0 aromatic carbocycles. The van der Waals surface area contributed by atoms with E-state index in [9.17, 15) is 15.0 Å². The van der Waals surface area contributed by atoms with E-state index < -0.39 is 24.2 Å². The van der Waals surface area contributed by atoms with Crippen molar-refractivity contribution in [2.75, 3.05) is 6.61 Å². The Morgan fingerprint density at radius 3 is 2.65 bits per heavy atom. The first-order valence-electron chi connectivity index (χ1n) is 8.77. The molecule has 4 N–H and O–H groups in total. The number of aliphatic hydroxyl groups excluding tert-OH is 2. The van der Waals surface area contributed by atoms with Gasteiger partial charge in [0.2, 0.25) is 5.91 Å². The summed E-state index contributed by atoms with van der Waals surface area (Å²) in [4.78, 5) is 17.9. The minimum atomic E-state index is -0.728. The van der Waals surface area contributed by atoms with Gasteiger partial charge in [-0.1, -0.05) is 20.8 Å². The number of carbonyl (C=O) groups is 1. The number of amides is 1. The smallest absolute Gasteiger partial charge is 0.240 e. The first kappa shape index (κ1) is 17.1. The van der Waals surface area contributed by atoms with Crippen LogP contribution in [0.25, 0.3) is 0 Å². The fourth-order valence-electron chi connectivity index (χ4n) is 5.12. The Morgan fingerprint density at radius 1 is 1.43 bits per heavy atom. The van der Waals surface area contributed by atoms with Crippen LogP contribution in [0.4, 0.5) is 0 Å². The van der Waals surface area contributed by atoms with Crippen LogP contribution in [-0.2, 0) is 9.63 Å². The van der Waals surface area contributed by atoms with E-state index in [0.717, 1.165) is 6.42 Å². The van der Waals surface area contributed by atoms with Gasteiger partial charge in [0.1, 0.15) is 12.1 Å². The van der Waals surface area contributed by atoms with Crippen molar-refractivity contribution in [3.05, 3.63) is 0 Å². The molecular weight excluding hydrogens is 296 g/mol. The molecule has 0 aromatic heterocycles. The first-order valence-corrected chi connectivity index (χ1v) is 8.77. The molecule has 1 aliphatic heterocycles. The molecule has 132 valence electrons. The minimum absolute atomic E-state index is 0.136. The van der Waals surface area contributed by atoms with Crippen molar-refractivity contribution in [2.24, 2.45) is 29.1 Å². The standard InChI is InChI=1S/C17H30N2O4/c1-8-11-5-10(17(11,3)4)6-12(8)18-16(22)15-14(9(2)21)13(7-20)23-19-15/h8-15,19-21H,5-7H2,1-4H3,(H,18,22)/t8-,9-,10+,11-,12+,13-,14+,15-/m0/s1. The summed E-state index contributed by atoms with van der Waals surface area (Å²) in [6.07, 6.45) is 1.01. The predicted octanol–water partition coefficient (Wildman–Crippen LogP) is 0.435. The number of aliphatic hydroxyl groups is 2. The Labute approximate surface area is 137 Å². The summed E-state index contributed by atoms with van der Waals surface area (Å²) in [7, 11) is 0. The molecule has 4 rings (SSSR count). The molecule has 2 bridgehead atoms. The number of rotatable bonds is 4. The fraction of sp³-hybridized carbons (Fsp3) is 0.941. The lowest BCUT2D eigenvalue weighted by molar-refractivity contribution is -0.137. The van der Waals surface area contributed by atoms with Gasteiger partial charge in [0.15, 0.2) is 0 Å². The molecule has 1 saturated heterocycles. The maximum atomic E-state index is 12.7. The molecule has 0 radical (unpaired) electrons. The highest BCUT2D eigenvalue weighted by molar-refractivity contribution is 5.82. The number of hydroxylamine groups is 1. The van der Waals surface area contributed by atoms with E-state index in [1.165, 1.54) is 6.42 Å². The molecule has 6 nitrogen and oxygen atoms in total. The summed E-state index contributed by atoms with van der Waals surface area (Å²) in [6, 6.07) is -0.436. The van der Waals surface area contributed by atoms with E-state index in [1.54, 1.807) is 6.92 Å². The van der Waals surface area contributed by atoms with Crippen LogP contribution in [0, 0.1) is 29.1 Å². The first-order chi connectivity index (χ1) is 10.8. The molecule has 3 aliphatic carbocycles. The summed E-state index contributed by atoms with van der Waals surface area (Å²) < 4.78 is 0. The lowest BCUT2D eigenvalue weighted by Crippen LogP contribution is -2.62. The van der Waals surface area contributed by atoms with Crippen molar-refractivity contribution in [3.63, 3.8) is 0 Å². The van der Waals surface area contributed by atoms with Gasteiger partial charge in [-0.25, -0.2) is 0 Å². The molecule has 0 aromatic rings. The average Bonchev–Trinajstić information content (AvgIpc) is 2.92. The number of fused-ring (bicyclic) bond motifs is 2. The van der Waals surface area contributed by atoms with E-state index in [4.69, 9.17) is 4.84 Å². The Balaban J connectivity index is 1.64. The number of hydrogen-bond acceptors (Lipinski definition) is 5. The fourth-order valence-corrected chi connectivity index (χ4v) is 5.12. The molecule has 6 heteroatoms. The lowest BCUT2D eigenvalue weighted by Gasteiger charge is -2.62. The zero-order valence-corrected chi connectivity index (χ0v) is 14.5. The van der Waals surface area contributed by atoms with Gasteiger partial charge in [0.05, 0.1) is 12.7 Å². The Hall–Kier alpha value is -0.690. The largest absolute Gasteiger partial charge is 0.394 e. The highest BCUT2D eigenvalue weighted by Gasteiger charge is 2.56. The second kappa shape index (κ2) is 5.99. The van der Waals surface area contributed by atoms with Gasteiger partial charge in [-0.2, -0.15) is 5.48 Å². The van der Waals surface area contributed by atoms with Crippen LogP contribution in [0.5, 0.6) is 0 Å². The zero-order chi connectivity index (χ0) is 16.9. The van der Waals surface area contributed by atoms with Gasteiger partial charge < -0.3 is 15.5 Å². The normalized spacial score (nSPS) is 46.1. The van der Waals surface area contributed by atoms with E-state index >= 15 is 0 Å². The Kier molecular flexibility index (Phi) is 4.46. The van der Waals surface area contributed by atoms with Gasteiger partial charge in [-0.15, -0.1) is 0 Å². The van der Waals surface area contributed by atoms with Gasteiger partial charge in [-0.05, 0) is 42.9 Å². The van der Waals surface area contributed by atoms with Crippen LogP contribution >= 0.6 is 0 Å². The van der Waals surface area contributed by atoms with Crippen LogP contribution in [0.3, 0.4) is 0 Å². The third-order valence-corrected chi connectivity index (χ3v) is 6.86. The van der Waals surface area contributed by atoms with Gasteiger partial charge in [0, 0.05) is 12.0 Å². The third kappa shape index (κ3) is 2.69. The van der Waals surface area contributed by atoms with Gasteiger partial charge in [0.25, 0.3) is 0 Å². The summed E-state index contributed by atoms with van der Waals surface area (Å²) in [5.74, 6) is 1.23. The molecule has 1 heterocycles. The van der Waals surface area contributed by atoms with Crippen LogP contribution in [-0.4, -0.2) is 47.0 Å². The Bertz CT molecular complexity index is 468. The molecule has 4 aliphatic rings. The monoisotopic (exact) mass is 326 g/mol. The molecule has 8 atom stereocenters. The molecule has 0 unspecified atom stereocenters. The average molecular weight is 326 g/mol. The highest BCUT2D eigenvalue weighted by atomic mass is 16.7. The molecule has 3 saturated carbocycles. The van der Waals surface area contributed by atoms with Crippen LogP contribution in [0.15, 0.2) is 0 Å². The van der Waals surface area contributed by atoms with E-state index in [2.05, 4.69) is 31.6 Å². The van der Waals surface area contributed by atoms with E-state index in [1.807, 2.05) is 0 Å². The van der Waals surface area contributed by atoms with Crippen molar-refractivity contribution in [1.29, 1.82) is 0 Å². The van der Waals surface area contributed by atoms with Crippen molar-refractivity contribution in [3.8, 4) is 0 Å². The van der Waals surface area contributed by atoms with Crippen molar-refractivity contribution in [2.45, 2.75) is 64.8 Å². The third-order valence-electron chi connectivity index (χ3n) is 6.86. The molecule has 0 spiro atoms. The SMILES string of the molecule is C[C@@H]1[C@H](NC(=O)[C@H]2NO[C@@H](CO)[C@H]2[C@H](C)O)C[C@H]2C[C@@H]1C2(C)C. The second-order valence-corrected chi connectivity index (χ2v) is 8.32. The van der Waals surface area contributed by atoms with Crippen LogP contribution < -0.4 is 10.8 Å². The van der Waals surface area contributed by atoms with Crippen molar-refractivity contribution in [1.82, 2.24) is 10.8 Å². The highest BCUT2D eigenvalue weighted by Crippen LogP contribution is 2.61. The van der Waals surface area contributed by atoms with Gasteiger partial charge >= 0.3 is 0 Å². The summed E-state index contributed by atoms with van der Waals surface area (Å²) in [5.41, 5.74) is 3.09. The quantitative estimate of drug-likeness (QED) is 0.602. The van der Waals surface area contributed by atoms with Crippen molar-refractivity contribution >= 4 is 5.91 Å². The van der Waals surface area contributed by atoms with E-state index in [0.29, 0.717) is 23.2 Å². The lowest BCUT2D eigenvalue weighted by atomic mass is 9.45. The van der Waals surface area contributed by atoms with Crippen LogP contribution in [0.2, 0.25) is 0 Å². The number of hydrogen-bond donors (Lipinski definition) is 4. The van der Waals surface area contributed by atoms with E-state index in [-0.39, 0.29) is 18.6 Å². The summed E-state index contributed by atoms with van der Waals surface area (Å²) >= 11 is 0. The topological polar surface area (TPSA) is 90.8 Å². The van der Waals surface area contributed by atoms with Crippen LogP contribution in [0.1, 0.15) is 40.5 Å². The van der Waals surface area contributed by atoms with Gasteiger partial charge in [-0.3, -0.25) is 9.63 Å². The summed E-state index contributed by atoms with van der Waals surface area (Å²) in [6.45, 7) is 8.31. The minimum Gasteiger partial charge on any atom is -0.394 e. The molecule has 23 heavy (non-hydrogen) atoms. The Morgan fingerprint density at radius 2 is 2.13 bits per heavy atom. The number of carbonyl (C=O) groups excluding carboxylic acids is 1. The molecular formula is C17H30N2O4. The maximum absolute atomic E-state index is 12.7. The maximum Gasteiger partial charge on any atom is 0.240 e. The molecule has 4 fully saturated rings. The second-order valence-electron chi connectivity index (χ2n) is 8.32. The molecule has 1 amide bonds. The predicted molar refractivity (Wildman–Crippen MR) is 85.1 cm³/mol. The number of nitrogens with one attached hydrogen (secondary N) is 2. The van der Waals surface area contributed by atoms with Crippen molar-refractivity contribution < 1.29 is 19.8 Å². The summed E-state index contributed by atoms with van der Waals surface area (Å²) in [5, 5.41) is 22.4. The zero-order valence-electron chi connectivity index (χ0n) is 14.5.